The molecule has 25 heavy (non-hydrogen) atoms. The topological polar surface area (TPSA) is 81.9 Å². The molecule has 0 aliphatic carbocycles. The zero-order valence-electron chi connectivity index (χ0n) is 15.1. The molecule has 0 radical (unpaired) electrons. The van der Waals surface area contributed by atoms with Gasteiger partial charge in [0.1, 0.15) is 5.60 Å². The van der Waals surface area contributed by atoms with Gasteiger partial charge >= 0.3 is 0 Å². The molecule has 2 amide bonds. The summed E-state index contributed by atoms with van der Waals surface area (Å²) in [4.78, 5) is 25.7. The van der Waals surface area contributed by atoms with Crippen molar-refractivity contribution < 1.29 is 19.1 Å². The van der Waals surface area contributed by atoms with Crippen molar-refractivity contribution in [1.29, 1.82) is 0 Å². The van der Waals surface area contributed by atoms with E-state index in [1.54, 1.807) is 4.90 Å². The molecular formula is C19H26N2O4. The van der Waals surface area contributed by atoms with Crippen molar-refractivity contribution >= 4 is 11.8 Å². The van der Waals surface area contributed by atoms with Crippen molar-refractivity contribution in [2.24, 2.45) is 11.7 Å². The number of fused-ring (bicyclic) bond motifs is 1. The Bertz CT molecular complexity index is 686. The summed E-state index contributed by atoms with van der Waals surface area (Å²) in [6, 6.07) is 5.83. The molecule has 0 spiro atoms. The first-order valence-electron chi connectivity index (χ1n) is 8.79. The monoisotopic (exact) mass is 346 g/mol. The Balaban J connectivity index is 1.65. The molecule has 2 aliphatic heterocycles. The van der Waals surface area contributed by atoms with Gasteiger partial charge in [-0.25, -0.2) is 0 Å². The Labute approximate surface area is 148 Å². The van der Waals surface area contributed by atoms with Crippen LogP contribution in [0.4, 0.5) is 0 Å². The normalized spacial score (nSPS) is 24.4. The van der Waals surface area contributed by atoms with Crippen molar-refractivity contribution in [2.75, 3.05) is 13.2 Å². The number of piperidine rings is 1. The van der Waals surface area contributed by atoms with E-state index in [1.807, 2.05) is 39.0 Å². The highest BCUT2D eigenvalue weighted by Crippen LogP contribution is 2.41. The Morgan fingerprint density at radius 2 is 2.12 bits per heavy atom. The average molecular weight is 346 g/mol. The van der Waals surface area contributed by atoms with Gasteiger partial charge in [-0.1, -0.05) is 12.1 Å². The Hall–Kier alpha value is -2.24. The number of amides is 2. The van der Waals surface area contributed by atoms with E-state index in [1.165, 1.54) is 0 Å². The SMILES string of the molecule is C[C@@H]1CC[C@H](C(N)=O)CN1C(=O)COc1cccc2c1OC(C)(C)C2. The fraction of sp³-hybridized carbons (Fsp3) is 0.579. The Morgan fingerprint density at radius 3 is 2.84 bits per heavy atom. The van der Waals surface area contributed by atoms with E-state index in [4.69, 9.17) is 15.2 Å². The summed E-state index contributed by atoms with van der Waals surface area (Å²) >= 11 is 0. The summed E-state index contributed by atoms with van der Waals surface area (Å²) in [7, 11) is 0. The quantitative estimate of drug-likeness (QED) is 0.903. The maximum absolute atomic E-state index is 12.6. The number of benzene rings is 1. The van der Waals surface area contributed by atoms with E-state index in [0.29, 0.717) is 12.3 Å². The first-order valence-corrected chi connectivity index (χ1v) is 8.79. The van der Waals surface area contributed by atoms with Crippen LogP contribution >= 0.6 is 0 Å². The number of para-hydroxylation sites is 1. The van der Waals surface area contributed by atoms with Gasteiger partial charge in [0.05, 0.1) is 5.92 Å². The van der Waals surface area contributed by atoms with E-state index >= 15 is 0 Å². The predicted octanol–water partition coefficient (Wildman–Crippen LogP) is 1.89. The van der Waals surface area contributed by atoms with Crippen LogP contribution in [0.5, 0.6) is 11.5 Å². The van der Waals surface area contributed by atoms with Gasteiger partial charge in [-0.05, 0) is 39.7 Å². The van der Waals surface area contributed by atoms with Crippen LogP contribution in [0.15, 0.2) is 18.2 Å². The minimum absolute atomic E-state index is 0.0733. The number of rotatable bonds is 4. The molecule has 0 bridgehead atoms. The van der Waals surface area contributed by atoms with Crippen molar-refractivity contribution in [3.63, 3.8) is 0 Å². The fourth-order valence-corrected chi connectivity index (χ4v) is 3.61. The van der Waals surface area contributed by atoms with Gasteiger partial charge in [-0.2, -0.15) is 0 Å². The third-order valence-electron chi connectivity index (χ3n) is 5.01. The number of hydrogen-bond donors (Lipinski definition) is 1. The van der Waals surface area contributed by atoms with Crippen LogP contribution in [0.25, 0.3) is 0 Å². The molecule has 2 aliphatic rings. The molecule has 2 N–H and O–H groups in total. The summed E-state index contributed by atoms with van der Waals surface area (Å²) in [6.07, 6.45) is 2.32. The molecule has 0 saturated carbocycles. The number of ether oxygens (including phenoxy) is 2. The van der Waals surface area contributed by atoms with Crippen molar-refractivity contribution in [1.82, 2.24) is 4.90 Å². The number of nitrogens with two attached hydrogens (primary N) is 1. The summed E-state index contributed by atoms with van der Waals surface area (Å²) in [5, 5.41) is 0. The lowest BCUT2D eigenvalue weighted by Crippen LogP contribution is -2.50. The highest BCUT2D eigenvalue weighted by atomic mass is 16.5. The molecule has 3 rings (SSSR count). The first-order chi connectivity index (χ1) is 11.8. The van der Waals surface area contributed by atoms with Gasteiger partial charge in [-0.15, -0.1) is 0 Å². The molecular weight excluding hydrogens is 320 g/mol. The van der Waals surface area contributed by atoms with Gasteiger partial charge in [0, 0.05) is 24.6 Å². The van der Waals surface area contributed by atoms with Gasteiger partial charge in [0.15, 0.2) is 18.1 Å². The molecule has 2 heterocycles. The van der Waals surface area contributed by atoms with Crippen LogP contribution in [0.1, 0.15) is 39.2 Å². The Kier molecular flexibility index (Phi) is 4.62. The first kappa shape index (κ1) is 17.6. The maximum atomic E-state index is 12.6. The molecule has 0 aromatic heterocycles. The van der Waals surface area contributed by atoms with Crippen molar-refractivity contribution in [3.05, 3.63) is 23.8 Å². The predicted molar refractivity (Wildman–Crippen MR) is 93.4 cm³/mol. The Morgan fingerprint density at radius 1 is 1.36 bits per heavy atom. The summed E-state index contributed by atoms with van der Waals surface area (Å²) in [5.41, 5.74) is 6.23. The third-order valence-corrected chi connectivity index (χ3v) is 5.01. The van der Waals surface area contributed by atoms with Crippen LogP contribution in [0.3, 0.4) is 0 Å². The zero-order valence-corrected chi connectivity index (χ0v) is 15.1. The van der Waals surface area contributed by atoms with E-state index in [0.717, 1.165) is 30.6 Å². The maximum Gasteiger partial charge on any atom is 0.260 e. The lowest BCUT2D eigenvalue weighted by molar-refractivity contribution is -0.139. The molecule has 1 saturated heterocycles. The van der Waals surface area contributed by atoms with E-state index in [9.17, 15) is 9.59 Å². The number of hydrogen-bond acceptors (Lipinski definition) is 4. The van der Waals surface area contributed by atoms with E-state index in [-0.39, 0.29) is 36.0 Å². The summed E-state index contributed by atoms with van der Waals surface area (Å²) < 4.78 is 11.7. The highest BCUT2D eigenvalue weighted by molar-refractivity contribution is 5.81. The number of primary amides is 1. The number of nitrogens with zero attached hydrogens (tertiary/aromatic N) is 1. The average Bonchev–Trinajstić information content (AvgIpc) is 2.87. The van der Waals surface area contributed by atoms with E-state index < -0.39 is 0 Å². The molecule has 136 valence electrons. The third kappa shape index (κ3) is 3.72. The van der Waals surface area contributed by atoms with Crippen LogP contribution in [-0.2, 0) is 16.0 Å². The molecule has 0 unspecified atom stereocenters. The minimum atomic E-state index is -0.345. The minimum Gasteiger partial charge on any atom is -0.483 e. The van der Waals surface area contributed by atoms with Crippen LogP contribution in [-0.4, -0.2) is 41.5 Å². The van der Waals surface area contributed by atoms with Gasteiger partial charge in [0.25, 0.3) is 5.91 Å². The second-order valence-electron chi connectivity index (χ2n) is 7.64. The van der Waals surface area contributed by atoms with Crippen molar-refractivity contribution in [2.45, 2.75) is 51.7 Å². The molecule has 1 aromatic rings. The van der Waals surface area contributed by atoms with Crippen LogP contribution < -0.4 is 15.2 Å². The lowest BCUT2D eigenvalue weighted by atomic mass is 9.93. The second-order valence-corrected chi connectivity index (χ2v) is 7.64. The van der Waals surface area contributed by atoms with E-state index in [2.05, 4.69) is 0 Å². The molecule has 2 atom stereocenters. The summed E-state index contributed by atoms with van der Waals surface area (Å²) in [6.45, 7) is 6.34. The molecule has 6 nitrogen and oxygen atoms in total. The molecule has 1 fully saturated rings. The number of carbonyl (C=O) groups excluding carboxylic acids is 2. The fourth-order valence-electron chi connectivity index (χ4n) is 3.61. The lowest BCUT2D eigenvalue weighted by Gasteiger charge is -2.36. The van der Waals surface area contributed by atoms with Gasteiger partial charge in [-0.3, -0.25) is 9.59 Å². The summed E-state index contributed by atoms with van der Waals surface area (Å²) in [5.74, 6) is 0.565. The largest absolute Gasteiger partial charge is 0.483 e. The number of likely N-dealkylation sites (tertiary alicyclic amines) is 1. The van der Waals surface area contributed by atoms with Crippen molar-refractivity contribution in [3.8, 4) is 11.5 Å². The molecule has 1 aromatic carbocycles. The highest BCUT2D eigenvalue weighted by Gasteiger charge is 2.34. The smallest absolute Gasteiger partial charge is 0.260 e. The standard InChI is InChI=1S/C19H26N2O4/c1-12-7-8-14(18(20)23)10-21(12)16(22)11-24-15-6-4-5-13-9-19(2,3)25-17(13)15/h4-6,12,14H,7-11H2,1-3H3,(H2,20,23)/t12-,14+/m1/s1. The van der Waals surface area contributed by atoms with Gasteiger partial charge < -0.3 is 20.1 Å². The van der Waals surface area contributed by atoms with Gasteiger partial charge in [0.2, 0.25) is 5.91 Å². The van der Waals surface area contributed by atoms with Crippen LogP contribution in [0, 0.1) is 5.92 Å². The molecule has 6 heteroatoms. The zero-order chi connectivity index (χ0) is 18.2. The van der Waals surface area contributed by atoms with Crippen LogP contribution in [0.2, 0.25) is 0 Å². The second kappa shape index (κ2) is 6.58. The number of carbonyl (C=O) groups is 2.